The Bertz CT molecular complexity index is 34.4. The fourth-order valence-corrected chi connectivity index (χ4v) is 0. The lowest BCUT2D eigenvalue weighted by molar-refractivity contribution is -0.122. The Labute approximate surface area is 41.6 Å². The van der Waals surface area contributed by atoms with Gasteiger partial charge in [-0.2, -0.15) is 0 Å². The van der Waals surface area contributed by atoms with Crippen LogP contribution in [0, 0.1) is 0 Å². The fraction of sp³-hybridized carbons (Fsp3) is 0.667. The molecule has 0 aliphatic heterocycles. The highest BCUT2D eigenvalue weighted by Crippen LogP contribution is 1.50. The summed E-state index contributed by atoms with van der Waals surface area (Å²) in [5.41, 5.74) is 4.67. The highest BCUT2D eigenvalue weighted by molar-refractivity contribution is 5.32. The number of hydrogen-bond acceptors (Lipinski definition) is 3. The molecule has 0 radical (unpaired) electrons. The number of carbonyl (C=O) groups is 1. The minimum Gasteiger partial charge on any atom is -0.483 e. The molecule has 7 heavy (non-hydrogen) atoms. The van der Waals surface area contributed by atoms with Crippen LogP contribution < -0.4 is 5.73 Å². The van der Waals surface area contributed by atoms with E-state index in [-0.39, 0.29) is 6.47 Å². The van der Waals surface area contributed by atoms with Gasteiger partial charge in [-0.3, -0.25) is 4.79 Å². The summed E-state index contributed by atoms with van der Waals surface area (Å²) in [7, 11) is 0. The van der Waals surface area contributed by atoms with E-state index in [0.29, 0.717) is 0 Å². The van der Waals surface area contributed by atoms with Crippen LogP contribution >= 0.6 is 0 Å². The molecule has 1 atom stereocenters. The Morgan fingerprint density at radius 2 is 1.86 bits per heavy atom. The van der Waals surface area contributed by atoms with Gasteiger partial charge in [0.1, 0.15) is 0 Å². The third kappa shape index (κ3) is 166. The first-order chi connectivity index (χ1) is 3.15. The van der Waals surface area contributed by atoms with Gasteiger partial charge in [-0.25, -0.2) is 0 Å². The Morgan fingerprint density at radius 1 is 1.86 bits per heavy atom. The van der Waals surface area contributed by atoms with Gasteiger partial charge in [0, 0.05) is 0 Å². The molecule has 0 aliphatic carbocycles. The summed E-state index contributed by atoms with van der Waals surface area (Å²) in [6.45, 7) is 1.25. The molecular weight excluding hydrogens is 98.0 g/mol. The third-order valence-corrected chi connectivity index (χ3v) is 0. The standard InChI is InChI=1S/C2H7NO.CH2O2/c1-2(3)4;2-1-3/h2,4H,3H2,1H3;1H,(H,2,3). The first-order valence-electron chi connectivity index (χ1n) is 1.66. The molecule has 4 heteroatoms. The second-order valence-corrected chi connectivity index (χ2v) is 0.846. The molecule has 0 aliphatic rings. The third-order valence-electron chi connectivity index (χ3n) is 0. The lowest BCUT2D eigenvalue weighted by atomic mass is 10.7. The summed E-state index contributed by atoms with van der Waals surface area (Å²) in [4.78, 5) is 8.36. The highest BCUT2D eigenvalue weighted by atomic mass is 16.3. The predicted octanol–water partition coefficient (Wildman–Crippen LogP) is -1.02. The zero-order valence-electron chi connectivity index (χ0n) is 4.03. The van der Waals surface area contributed by atoms with Crippen molar-refractivity contribution in [3.8, 4) is 0 Å². The van der Waals surface area contributed by atoms with E-state index < -0.39 is 6.23 Å². The maximum absolute atomic E-state index is 8.36. The summed E-state index contributed by atoms with van der Waals surface area (Å²) < 4.78 is 0. The van der Waals surface area contributed by atoms with Gasteiger partial charge < -0.3 is 15.9 Å². The molecule has 0 spiro atoms. The van der Waals surface area contributed by atoms with E-state index in [9.17, 15) is 0 Å². The molecule has 44 valence electrons. The Balaban J connectivity index is 0. The van der Waals surface area contributed by atoms with Gasteiger partial charge in [-0.05, 0) is 6.92 Å². The van der Waals surface area contributed by atoms with Crippen molar-refractivity contribution in [2.75, 3.05) is 0 Å². The molecule has 1 unspecified atom stereocenters. The van der Waals surface area contributed by atoms with Crippen LogP contribution in [-0.2, 0) is 4.79 Å². The predicted molar refractivity (Wildman–Crippen MR) is 24.6 cm³/mol. The molecule has 0 saturated heterocycles. The highest BCUT2D eigenvalue weighted by Gasteiger charge is 1.68. The minimum absolute atomic E-state index is 0.250. The number of rotatable bonds is 0. The van der Waals surface area contributed by atoms with Crippen molar-refractivity contribution < 1.29 is 15.0 Å². The largest absolute Gasteiger partial charge is 0.483 e. The average Bonchev–Trinajstić information content (AvgIpc) is 1.33. The monoisotopic (exact) mass is 107 g/mol. The van der Waals surface area contributed by atoms with Gasteiger partial charge in [0.2, 0.25) is 0 Å². The van der Waals surface area contributed by atoms with Gasteiger partial charge in [0.25, 0.3) is 6.47 Å². The van der Waals surface area contributed by atoms with Gasteiger partial charge in [0.15, 0.2) is 0 Å². The van der Waals surface area contributed by atoms with E-state index in [4.69, 9.17) is 15.0 Å². The van der Waals surface area contributed by atoms with Crippen molar-refractivity contribution in [1.82, 2.24) is 0 Å². The SMILES string of the molecule is CC(N)O.O=CO. The number of aliphatic hydroxyl groups excluding tert-OH is 1. The van der Waals surface area contributed by atoms with E-state index in [1.165, 1.54) is 6.92 Å². The van der Waals surface area contributed by atoms with E-state index >= 15 is 0 Å². The molecule has 0 saturated carbocycles. The van der Waals surface area contributed by atoms with Crippen LogP contribution in [0.4, 0.5) is 0 Å². The van der Waals surface area contributed by atoms with Crippen LogP contribution in [0.3, 0.4) is 0 Å². The number of nitrogens with two attached hydrogens (primary N) is 1. The lowest BCUT2D eigenvalue weighted by Gasteiger charge is -1.82. The summed E-state index contributed by atoms with van der Waals surface area (Å²) in [5.74, 6) is 0. The minimum atomic E-state index is -0.667. The molecule has 0 amide bonds. The Hall–Kier alpha value is -0.610. The quantitative estimate of drug-likeness (QED) is 0.273. The van der Waals surface area contributed by atoms with Gasteiger partial charge in [-0.15, -0.1) is 0 Å². The van der Waals surface area contributed by atoms with Crippen molar-refractivity contribution in [1.29, 1.82) is 0 Å². The van der Waals surface area contributed by atoms with Crippen LogP contribution in [-0.4, -0.2) is 22.9 Å². The van der Waals surface area contributed by atoms with Crippen molar-refractivity contribution in [2.45, 2.75) is 13.2 Å². The summed E-state index contributed by atoms with van der Waals surface area (Å²) in [6.07, 6.45) is -0.667. The van der Waals surface area contributed by atoms with Gasteiger partial charge in [-0.1, -0.05) is 0 Å². The van der Waals surface area contributed by atoms with Crippen LogP contribution in [0.1, 0.15) is 6.92 Å². The molecule has 0 aromatic rings. The van der Waals surface area contributed by atoms with E-state index in [1.54, 1.807) is 0 Å². The Morgan fingerprint density at radius 3 is 1.86 bits per heavy atom. The molecule has 4 N–H and O–H groups in total. The van der Waals surface area contributed by atoms with Crippen LogP contribution in [0.25, 0.3) is 0 Å². The summed E-state index contributed by atoms with van der Waals surface area (Å²) >= 11 is 0. The average molecular weight is 107 g/mol. The maximum Gasteiger partial charge on any atom is 0.290 e. The normalized spacial score (nSPS) is 10.7. The number of carboxylic acid groups (broad SMARTS) is 1. The molecule has 0 aromatic carbocycles. The second kappa shape index (κ2) is 9.04. The summed E-state index contributed by atoms with van der Waals surface area (Å²) in [6, 6.07) is 0. The zero-order chi connectivity index (χ0) is 6.28. The van der Waals surface area contributed by atoms with E-state index in [1.807, 2.05) is 0 Å². The maximum atomic E-state index is 8.36. The zero-order valence-corrected chi connectivity index (χ0v) is 4.03. The van der Waals surface area contributed by atoms with E-state index in [0.717, 1.165) is 0 Å². The Kier molecular flexibility index (Phi) is 12.4. The second-order valence-electron chi connectivity index (χ2n) is 0.846. The molecule has 0 bridgehead atoms. The topological polar surface area (TPSA) is 83.5 Å². The van der Waals surface area contributed by atoms with Gasteiger partial charge in [0.05, 0.1) is 6.23 Å². The fourth-order valence-electron chi connectivity index (χ4n) is 0. The van der Waals surface area contributed by atoms with Crippen LogP contribution in [0.5, 0.6) is 0 Å². The molecular formula is C3H9NO3. The molecule has 0 rings (SSSR count). The molecule has 0 aromatic heterocycles. The van der Waals surface area contributed by atoms with Crippen molar-refractivity contribution in [3.63, 3.8) is 0 Å². The number of aliphatic hydroxyl groups is 1. The van der Waals surface area contributed by atoms with Crippen LogP contribution in [0.15, 0.2) is 0 Å². The van der Waals surface area contributed by atoms with Crippen LogP contribution in [0.2, 0.25) is 0 Å². The molecule has 0 fully saturated rings. The van der Waals surface area contributed by atoms with Gasteiger partial charge >= 0.3 is 0 Å². The first kappa shape index (κ1) is 9.63. The molecule has 0 heterocycles. The van der Waals surface area contributed by atoms with Crippen molar-refractivity contribution in [3.05, 3.63) is 0 Å². The van der Waals surface area contributed by atoms with Crippen molar-refractivity contribution >= 4 is 6.47 Å². The molecule has 4 nitrogen and oxygen atoms in total. The lowest BCUT2D eigenvalue weighted by Crippen LogP contribution is -2.11. The van der Waals surface area contributed by atoms with E-state index in [2.05, 4.69) is 5.73 Å². The first-order valence-corrected chi connectivity index (χ1v) is 1.66. The number of hydrogen-bond donors (Lipinski definition) is 3. The summed E-state index contributed by atoms with van der Waals surface area (Å²) in [5, 5.41) is 14.7. The van der Waals surface area contributed by atoms with Crippen molar-refractivity contribution in [2.24, 2.45) is 5.73 Å². The smallest absolute Gasteiger partial charge is 0.290 e.